The van der Waals surface area contributed by atoms with Gasteiger partial charge in [-0.1, -0.05) is 57.6 Å². The van der Waals surface area contributed by atoms with Gasteiger partial charge in [-0.2, -0.15) is 6.42 Å². The Hall–Kier alpha value is 0.986. The molecule has 0 amide bonds. The summed E-state index contributed by atoms with van der Waals surface area (Å²) in [6, 6.07) is 0. The molecule has 0 atom stereocenters. The van der Waals surface area contributed by atoms with Crippen molar-refractivity contribution in [2.45, 2.75) is 64.7 Å². The number of unbranched alkanes of at least 4 members (excludes halogenated alkanes) is 7. The minimum Gasteiger partial charge on any atom is -1.00 e. The van der Waals surface area contributed by atoms with Crippen LogP contribution in [0.4, 0.5) is 0 Å². The third-order valence-electron chi connectivity index (χ3n) is 2.26. The zero-order valence-electron chi connectivity index (χ0n) is 10.3. The summed E-state index contributed by atoms with van der Waals surface area (Å²) < 4.78 is 0. The molecular weight excluding hydrogens is 260 g/mol. The first kappa shape index (κ1) is 21.3. The van der Waals surface area contributed by atoms with Crippen molar-refractivity contribution in [1.29, 1.82) is 0 Å². The van der Waals surface area contributed by atoms with E-state index in [9.17, 15) is 0 Å². The van der Waals surface area contributed by atoms with Crippen LogP contribution in [0.2, 0.25) is 0 Å². The molecule has 2 heteroatoms. The molecule has 0 N–H and O–H groups in total. The van der Waals surface area contributed by atoms with Crippen LogP contribution in [0.5, 0.6) is 0 Å². The van der Waals surface area contributed by atoms with Gasteiger partial charge in [0.05, 0.1) is 0 Å². The van der Waals surface area contributed by atoms with Crippen LogP contribution in [0, 0.1) is 6.92 Å². The quantitative estimate of drug-likeness (QED) is 0.261. The van der Waals surface area contributed by atoms with E-state index in [-0.39, 0.29) is 40.0 Å². The van der Waals surface area contributed by atoms with Gasteiger partial charge in [-0.05, 0) is 12.8 Å². The Morgan fingerprint density at radius 1 is 0.867 bits per heavy atom. The van der Waals surface area contributed by atoms with Crippen molar-refractivity contribution < 1.29 is 17.0 Å². The Bertz CT molecular complexity index is 113. The second-order valence-electron chi connectivity index (χ2n) is 3.67. The molecule has 0 aromatic carbocycles. The molecule has 0 aliphatic heterocycles. The van der Waals surface area contributed by atoms with Gasteiger partial charge in [0.1, 0.15) is 0 Å². The molecule has 0 bridgehead atoms. The summed E-state index contributed by atoms with van der Waals surface area (Å²) in [5.41, 5.74) is 0. The van der Waals surface area contributed by atoms with E-state index in [0.29, 0.717) is 0 Å². The van der Waals surface area contributed by atoms with Crippen molar-refractivity contribution >= 4 is 23.1 Å². The largest absolute Gasteiger partial charge is 2.00 e. The van der Waals surface area contributed by atoms with Crippen LogP contribution in [0.1, 0.15) is 64.7 Å². The Balaban J connectivity index is -0.000000720. The molecule has 0 heterocycles. The van der Waals surface area contributed by atoms with Crippen molar-refractivity contribution in [2.24, 2.45) is 0 Å². The Morgan fingerprint density at radius 3 is 2.00 bits per heavy atom. The molecule has 0 aliphatic rings. The maximum Gasteiger partial charge on any atom is 2.00 e. The van der Waals surface area contributed by atoms with Gasteiger partial charge >= 0.3 is 23.1 Å². The predicted molar refractivity (Wildman–Crippen MR) is 67.5 cm³/mol. The van der Waals surface area contributed by atoms with Crippen molar-refractivity contribution in [3.8, 4) is 0 Å². The molecule has 0 aliphatic carbocycles. The molecule has 0 spiro atoms. The number of hydrogen-bond acceptors (Lipinski definition) is 0. The molecule has 15 heavy (non-hydrogen) atoms. The van der Waals surface area contributed by atoms with Gasteiger partial charge in [0, 0.05) is 0 Å². The minimum atomic E-state index is 0. The Labute approximate surface area is 123 Å². The molecule has 0 saturated carbocycles. The zero-order chi connectivity index (χ0) is 9.78. The van der Waals surface area contributed by atoms with Gasteiger partial charge in [-0.25, -0.2) is 0 Å². The van der Waals surface area contributed by atoms with E-state index in [1.54, 1.807) is 0 Å². The maximum atomic E-state index is 3.80. The molecule has 86 valence electrons. The molecule has 0 saturated heterocycles. The first-order chi connectivity index (χ1) is 6.41. The monoisotopic (exact) mass is 284 g/mol. The fraction of sp³-hybridized carbons (Fsp3) is 0.769. The third-order valence-corrected chi connectivity index (χ3v) is 2.26. The fourth-order valence-electron chi connectivity index (χ4n) is 1.40. The van der Waals surface area contributed by atoms with E-state index in [2.05, 4.69) is 26.0 Å². The summed E-state index contributed by atoms with van der Waals surface area (Å²) >= 11 is 0. The summed E-state index contributed by atoms with van der Waals surface area (Å²) in [5.74, 6) is 0. The summed E-state index contributed by atoms with van der Waals surface area (Å²) in [7, 11) is 0. The molecule has 0 aromatic rings. The fourth-order valence-corrected chi connectivity index (χ4v) is 1.40. The molecule has 0 rings (SSSR count). The predicted octanol–water partition coefficient (Wildman–Crippen LogP) is 1.53. The molecule has 0 aromatic heterocycles. The van der Waals surface area contributed by atoms with Crippen molar-refractivity contribution in [3.05, 3.63) is 19.1 Å². The van der Waals surface area contributed by atoms with Crippen LogP contribution >= 0.6 is 0 Å². The van der Waals surface area contributed by atoms with Gasteiger partial charge in [-0.15, -0.1) is 0 Å². The van der Waals surface area contributed by atoms with Crippen LogP contribution in [0.15, 0.2) is 12.2 Å². The summed E-state index contributed by atoms with van der Waals surface area (Å²) in [5, 5.41) is 0. The minimum absolute atomic E-state index is 0. The van der Waals surface area contributed by atoms with E-state index < -0.39 is 0 Å². The van der Waals surface area contributed by atoms with Gasteiger partial charge in [0.15, 0.2) is 0 Å². The smallest absolute Gasteiger partial charge is 1.00 e. The normalized spacial score (nSPS) is 9.73. The molecule has 0 fully saturated rings. The second-order valence-corrected chi connectivity index (χ2v) is 3.67. The summed E-state index contributed by atoms with van der Waals surface area (Å²) in [6.07, 6.45) is 16.4. The van der Waals surface area contributed by atoms with Gasteiger partial charge < -0.3 is 23.9 Å². The van der Waals surface area contributed by atoms with Gasteiger partial charge in [0.2, 0.25) is 0 Å². The van der Waals surface area contributed by atoms with Gasteiger partial charge in [-0.3, -0.25) is 0 Å². The Kier molecular flexibility index (Phi) is 29.0. The zero-order valence-corrected chi connectivity index (χ0v) is 13.3. The summed E-state index contributed by atoms with van der Waals surface area (Å²) in [6.45, 7) is 6.07. The van der Waals surface area contributed by atoms with Crippen molar-refractivity contribution in [2.75, 3.05) is 0 Å². The van der Waals surface area contributed by atoms with Crippen molar-refractivity contribution in [1.82, 2.24) is 0 Å². The van der Waals surface area contributed by atoms with E-state index in [4.69, 9.17) is 0 Å². The average Bonchev–Trinajstić information content (AvgIpc) is 2.16. The number of rotatable bonds is 9. The van der Waals surface area contributed by atoms with Crippen LogP contribution in [-0.4, -0.2) is 23.1 Å². The van der Waals surface area contributed by atoms with E-state index in [0.717, 1.165) is 12.8 Å². The number of allylic oxidation sites excluding steroid dienone is 2. The summed E-state index contributed by atoms with van der Waals surface area (Å²) in [4.78, 5) is 0. The Morgan fingerprint density at radius 2 is 1.40 bits per heavy atom. The topological polar surface area (TPSA) is 0 Å². The van der Waals surface area contributed by atoms with Crippen LogP contribution in [-0.2, 0) is 0 Å². The van der Waals surface area contributed by atoms with Crippen LogP contribution in [0.25, 0.3) is 0 Å². The van der Waals surface area contributed by atoms with E-state index in [1.165, 1.54) is 44.9 Å². The van der Waals surface area contributed by atoms with Crippen LogP contribution in [0.3, 0.4) is 0 Å². The first-order valence-electron chi connectivity index (χ1n) is 5.86. The maximum absolute atomic E-state index is 3.80. The molecule has 0 radical (unpaired) electrons. The SMILES string of the molecule is [Br-].[CH2-]CCC=CCCCCCCCC.[Mg+2]. The second kappa shape index (κ2) is 20.4. The standard InChI is InChI=1S/C13H25.BrH.Mg/c1-3-5-7-9-11-13-12-10-8-6-4-2;;/h7,9H,1,3-6,8,10-13H2,2H3;1H;/q-1;;+2/p-1. The number of hydrogen-bond donors (Lipinski definition) is 0. The van der Waals surface area contributed by atoms with E-state index >= 15 is 0 Å². The molecule has 0 nitrogen and oxygen atoms in total. The molecule has 0 unspecified atom stereocenters. The average molecular weight is 286 g/mol. The van der Waals surface area contributed by atoms with Crippen LogP contribution < -0.4 is 17.0 Å². The van der Waals surface area contributed by atoms with E-state index in [1.807, 2.05) is 0 Å². The van der Waals surface area contributed by atoms with Gasteiger partial charge in [0.25, 0.3) is 0 Å². The van der Waals surface area contributed by atoms with Crippen molar-refractivity contribution in [3.63, 3.8) is 0 Å². The molecular formula is C13H25BrMg. The first-order valence-corrected chi connectivity index (χ1v) is 5.86. The number of halogens is 1. The third kappa shape index (κ3) is 20.9.